The Morgan fingerprint density at radius 2 is 1.67 bits per heavy atom. The highest BCUT2D eigenvalue weighted by molar-refractivity contribution is 6.42. The lowest BCUT2D eigenvalue weighted by atomic mass is 9.98. The number of aromatic nitrogens is 2. The molecule has 0 atom stereocenters. The molecular formula is C29H22Cl3N3O. The first-order chi connectivity index (χ1) is 17.5. The average molecular weight is 535 g/mol. The molecule has 6 rings (SSSR count). The van der Waals surface area contributed by atoms with Crippen molar-refractivity contribution in [1.29, 1.82) is 0 Å². The first-order valence-electron chi connectivity index (χ1n) is 11.9. The zero-order valence-corrected chi connectivity index (χ0v) is 21.5. The average Bonchev–Trinajstić information content (AvgIpc) is 3.29. The van der Waals surface area contributed by atoms with Crippen molar-refractivity contribution in [3.63, 3.8) is 0 Å². The summed E-state index contributed by atoms with van der Waals surface area (Å²) in [5.74, 6) is -0.184. The fraction of sp³-hybridized carbons (Fsp3) is 0.138. The second kappa shape index (κ2) is 9.36. The molecule has 5 aromatic rings. The van der Waals surface area contributed by atoms with Crippen molar-refractivity contribution in [2.24, 2.45) is 0 Å². The van der Waals surface area contributed by atoms with Crippen LogP contribution in [0.2, 0.25) is 15.1 Å². The summed E-state index contributed by atoms with van der Waals surface area (Å²) in [4.78, 5) is 13.9. The fourth-order valence-electron chi connectivity index (χ4n) is 5.17. The van der Waals surface area contributed by atoms with E-state index >= 15 is 0 Å². The third kappa shape index (κ3) is 4.00. The van der Waals surface area contributed by atoms with Crippen LogP contribution in [0.4, 0.5) is 5.69 Å². The maximum atomic E-state index is 13.9. The Morgan fingerprint density at radius 1 is 0.833 bits per heavy atom. The summed E-state index contributed by atoms with van der Waals surface area (Å²) >= 11 is 18.8. The summed E-state index contributed by atoms with van der Waals surface area (Å²) in [6.07, 6.45) is 5.02. The summed E-state index contributed by atoms with van der Waals surface area (Å²) in [5, 5.41) is 4.66. The number of halogens is 3. The quantitative estimate of drug-likeness (QED) is 0.246. The van der Waals surface area contributed by atoms with Crippen molar-refractivity contribution < 1.29 is 4.79 Å². The predicted molar refractivity (Wildman–Crippen MR) is 149 cm³/mol. The highest BCUT2D eigenvalue weighted by Crippen LogP contribution is 2.40. The first-order valence-corrected chi connectivity index (χ1v) is 13.0. The van der Waals surface area contributed by atoms with Gasteiger partial charge in [0, 0.05) is 40.1 Å². The van der Waals surface area contributed by atoms with Crippen LogP contribution >= 0.6 is 34.8 Å². The Balaban J connectivity index is 1.61. The maximum absolute atomic E-state index is 13.9. The number of rotatable bonds is 4. The molecule has 0 unspecified atom stereocenters. The van der Waals surface area contributed by atoms with E-state index in [9.17, 15) is 4.79 Å². The molecule has 180 valence electrons. The molecule has 36 heavy (non-hydrogen) atoms. The summed E-state index contributed by atoms with van der Waals surface area (Å²) in [6.45, 7) is 0.854. The van der Waals surface area contributed by atoms with Crippen LogP contribution in [0.25, 0.3) is 28.0 Å². The summed E-state index contributed by atoms with van der Waals surface area (Å²) < 4.78 is 4.35. The minimum Gasteiger partial charge on any atom is -0.325 e. The van der Waals surface area contributed by atoms with Crippen LogP contribution in [0.15, 0.2) is 79.0 Å². The minimum atomic E-state index is -0.184. The Bertz CT molecular complexity index is 1620. The molecule has 2 aromatic heterocycles. The van der Waals surface area contributed by atoms with Crippen LogP contribution in [0.5, 0.6) is 0 Å². The maximum Gasteiger partial charge on any atom is 0.273 e. The number of benzene rings is 3. The molecule has 0 spiro atoms. The van der Waals surface area contributed by atoms with Gasteiger partial charge in [-0.1, -0.05) is 77.3 Å². The number of nitrogens with zero attached hydrogens (tertiary/aromatic N) is 2. The lowest BCUT2D eigenvalue weighted by Gasteiger charge is -2.10. The number of carbonyl (C=O) groups excluding carboxylic acids is 1. The Labute approximate surface area is 224 Å². The first kappa shape index (κ1) is 23.2. The van der Waals surface area contributed by atoms with E-state index in [0.29, 0.717) is 26.4 Å². The smallest absolute Gasteiger partial charge is 0.273 e. The van der Waals surface area contributed by atoms with Gasteiger partial charge in [0.1, 0.15) is 11.3 Å². The van der Waals surface area contributed by atoms with Crippen molar-refractivity contribution in [3.05, 3.63) is 105 Å². The van der Waals surface area contributed by atoms with Gasteiger partial charge in [0.15, 0.2) is 0 Å². The van der Waals surface area contributed by atoms with Gasteiger partial charge in [-0.05, 0) is 55.2 Å². The molecule has 1 aliphatic heterocycles. The van der Waals surface area contributed by atoms with Crippen molar-refractivity contribution in [1.82, 2.24) is 8.97 Å². The molecule has 3 heterocycles. The van der Waals surface area contributed by atoms with E-state index in [2.05, 4.69) is 22.0 Å². The number of carbonyl (C=O) groups is 1. The zero-order valence-electron chi connectivity index (χ0n) is 19.3. The predicted octanol–water partition coefficient (Wildman–Crippen LogP) is 8.62. The molecule has 0 radical (unpaired) electrons. The monoisotopic (exact) mass is 533 g/mol. The van der Waals surface area contributed by atoms with Crippen LogP contribution in [0.1, 0.15) is 28.9 Å². The van der Waals surface area contributed by atoms with E-state index < -0.39 is 0 Å². The van der Waals surface area contributed by atoms with E-state index in [4.69, 9.17) is 34.8 Å². The van der Waals surface area contributed by atoms with Gasteiger partial charge in [-0.2, -0.15) is 0 Å². The molecule has 7 heteroatoms. The van der Waals surface area contributed by atoms with E-state index in [0.717, 1.165) is 53.8 Å². The number of anilines is 1. The Morgan fingerprint density at radius 3 is 2.44 bits per heavy atom. The van der Waals surface area contributed by atoms with Gasteiger partial charge < -0.3 is 9.88 Å². The standard InChI is InChI=1S/C29H22Cl3N3O/c30-20-9-6-10-21(16-20)33-28(36)27-26(18-7-2-1-3-8-18)22-11-4-5-14-34-25(17-35(27)29(22)34)19-12-13-23(31)24(32)15-19/h1-3,6-10,12-13,15-17H,4-5,11,14H2,(H,33,36). The number of hydrogen-bond acceptors (Lipinski definition) is 1. The van der Waals surface area contributed by atoms with E-state index in [-0.39, 0.29) is 5.91 Å². The van der Waals surface area contributed by atoms with Gasteiger partial charge in [0.25, 0.3) is 5.91 Å². The van der Waals surface area contributed by atoms with Crippen LogP contribution in [-0.4, -0.2) is 14.9 Å². The van der Waals surface area contributed by atoms with Crippen LogP contribution in [0.3, 0.4) is 0 Å². The van der Waals surface area contributed by atoms with Gasteiger partial charge in [0.2, 0.25) is 0 Å². The molecule has 1 amide bonds. The molecule has 1 N–H and O–H groups in total. The highest BCUT2D eigenvalue weighted by atomic mass is 35.5. The lowest BCUT2D eigenvalue weighted by molar-refractivity contribution is 0.102. The second-order valence-electron chi connectivity index (χ2n) is 8.98. The molecule has 0 fully saturated rings. The molecule has 0 saturated carbocycles. The lowest BCUT2D eigenvalue weighted by Crippen LogP contribution is -2.15. The van der Waals surface area contributed by atoms with Crippen LogP contribution in [-0.2, 0) is 13.0 Å². The largest absolute Gasteiger partial charge is 0.325 e. The number of nitrogens with one attached hydrogen (secondary N) is 1. The van der Waals surface area contributed by atoms with Crippen LogP contribution < -0.4 is 5.32 Å². The van der Waals surface area contributed by atoms with E-state index in [1.54, 1.807) is 12.1 Å². The Kier molecular flexibility index (Phi) is 6.04. The topological polar surface area (TPSA) is 38.4 Å². The van der Waals surface area contributed by atoms with Gasteiger partial charge in [-0.15, -0.1) is 0 Å². The van der Waals surface area contributed by atoms with Gasteiger partial charge in [-0.25, -0.2) is 0 Å². The molecule has 3 aromatic carbocycles. The molecule has 1 aliphatic rings. The van der Waals surface area contributed by atoms with E-state index in [1.807, 2.05) is 59.1 Å². The number of hydrogen-bond donors (Lipinski definition) is 1. The molecule has 0 bridgehead atoms. The minimum absolute atomic E-state index is 0.184. The highest BCUT2D eigenvalue weighted by Gasteiger charge is 2.29. The normalized spacial score (nSPS) is 13.1. The third-order valence-corrected chi connectivity index (χ3v) is 7.68. The molecule has 0 aliphatic carbocycles. The molecular weight excluding hydrogens is 513 g/mol. The second-order valence-corrected chi connectivity index (χ2v) is 10.2. The zero-order chi connectivity index (χ0) is 24.8. The van der Waals surface area contributed by atoms with Gasteiger partial charge in [0.05, 0.1) is 15.7 Å². The number of amides is 1. The summed E-state index contributed by atoms with van der Waals surface area (Å²) in [6, 6.07) is 23.0. The number of aryl methyl sites for hydroxylation is 2. The summed E-state index contributed by atoms with van der Waals surface area (Å²) in [5.41, 5.74) is 7.45. The van der Waals surface area contributed by atoms with Crippen molar-refractivity contribution in [2.45, 2.75) is 25.8 Å². The SMILES string of the molecule is O=C(Nc1cccc(Cl)c1)c1c(-c2ccccc2)c2c3n(c(-c4ccc(Cl)c(Cl)c4)cn13)CCCC2. The van der Waals surface area contributed by atoms with Crippen LogP contribution in [0, 0.1) is 0 Å². The number of imidazole rings is 1. The summed E-state index contributed by atoms with van der Waals surface area (Å²) in [7, 11) is 0. The fourth-order valence-corrected chi connectivity index (χ4v) is 5.66. The van der Waals surface area contributed by atoms with Gasteiger partial charge >= 0.3 is 0 Å². The van der Waals surface area contributed by atoms with Crippen molar-refractivity contribution in [3.8, 4) is 22.4 Å². The van der Waals surface area contributed by atoms with E-state index in [1.165, 1.54) is 5.56 Å². The van der Waals surface area contributed by atoms with Crippen molar-refractivity contribution >= 4 is 52.0 Å². The van der Waals surface area contributed by atoms with Gasteiger partial charge in [-0.3, -0.25) is 9.20 Å². The van der Waals surface area contributed by atoms with Crippen molar-refractivity contribution in [2.75, 3.05) is 5.32 Å². The molecule has 0 saturated heterocycles. The Hall–Kier alpha value is -3.18. The third-order valence-electron chi connectivity index (χ3n) is 6.71. The molecule has 4 nitrogen and oxygen atoms in total.